The molecule has 0 aliphatic heterocycles. The fourth-order valence-electron chi connectivity index (χ4n) is 1.46. The molecule has 0 saturated heterocycles. The molecule has 0 unspecified atom stereocenters. The Morgan fingerprint density at radius 3 is 2.50 bits per heavy atom. The smallest absolute Gasteiger partial charge is 0.253 e. The van der Waals surface area contributed by atoms with Crippen LogP contribution in [0.5, 0.6) is 5.75 Å². The molecule has 0 N–H and O–H groups in total. The van der Waals surface area contributed by atoms with Crippen LogP contribution in [0.15, 0.2) is 22.7 Å². The van der Waals surface area contributed by atoms with E-state index < -0.39 is 0 Å². The second-order valence-corrected chi connectivity index (χ2v) is 5.23. The zero-order chi connectivity index (χ0) is 13.7. The summed E-state index contributed by atoms with van der Waals surface area (Å²) in [4.78, 5) is 15.9. The topological polar surface area (TPSA) is 32.8 Å². The van der Waals surface area contributed by atoms with E-state index in [-0.39, 0.29) is 5.91 Å². The van der Waals surface area contributed by atoms with Crippen LogP contribution >= 0.6 is 15.9 Å². The fourth-order valence-corrected chi connectivity index (χ4v) is 1.87. The molecule has 0 bridgehead atoms. The summed E-state index contributed by atoms with van der Waals surface area (Å²) in [6.07, 6.45) is 0. The van der Waals surface area contributed by atoms with Gasteiger partial charge in [-0.3, -0.25) is 4.79 Å². The van der Waals surface area contributed by atoms with Crippen LogP contribution in [0.2, 0.25) is 0 Å². The van der Waals surface area contributed by atoms with Gasteiger partial charge >= 0.3 is 0 Å². The van der Waals surface area contributed by atoms with Crippen LogP contribution in [0.3, 0.4) is 0 Å². The third-order valence-corrected chi connectivity index (χ3v) is 3.28. The van der Waals surface area contributed by atoms with Gasteiger partial charge in [0.2, 0.25) is 0 Å². The Morgan fingerprint density at radius 2 is 1.94 bits per heavy atom. The van der Waals surface area contributed by atoms with Gasteiger partial charge in [0, 0.05) is 25.7 Å². The van der Waals surface area contributed by atoms with Gasteiger partial charge in [-0.1, -0.05) is 0 Å². The Balaban J connectivity index is 2.77. The van der Waals surface area contributed by atoms with Crippen LogP contribution in [-0.4, -0.2) is 57.0 Å². The second-order valence-electron chi connectivity index (χ2n) is 4.38. The Kier molecular flexibility index (Phi) is 5.62. The summed E-state index contributed by atoms with van der Waals surface area (Å²) in [5.74, 6) is 0.671. The highest BCUT2D eigenvalue weighted by Crippen LogP contribution is 2.25. The lowest BCUT2D eigenvalue weighted by atomic mass is 10.2. The normalized spacial score (nSPS) is 10.6. The summed E-state index contributed by atoms with van der Waals surface area (Å²) in [6, 6.07) is 5.37. The Labute approximate surface area is 117 Å². The second kappa shape index (κ2) is 6.75. The lowest BCUT2D eigenvalue weighted by Gasteiger charge is -2.20. The Morgan fingerprint density at radius 1 is 1.28 bits per heavy atom. The van der Waals surface area contributed by atoms with Crippen LogP contribution in [-0.2, 0) is 0 Å². The summed E-state index contributed by atoms with van der Waals surface area (Å²) in [5, 5.41) is 0. The number of likely N-dealkylation sites (N-methyl/N-ethyl adjacent to an activating group) is 2. The van der Waals surface area contributed by atoms with E-state index in [0.717, 1.165) is 11.0 Å². The monoisotopic (exact) mass is 314 g/mol. The number of rotatable bonds is 5. The third-order valence-electron chi connectivity index (χ3n) is 2.63. The van der Waals surface area contributed by atoms with E-state index in [1.165, 1.54) is 0 Å². The minimum absolute atomic E-state index is 0.00245. The van der Waals surface area contributed by atoms with E-state index in [9.17, 15) is 4.79 Å². The van der Waals surface area contributed by atoms with Gasteiger partial charge in [-0.15, -0.1) is 0 Å². The van der Waals surface area contributed by atoms with Gasteiger partial charge in [-0.2, -0.15) is 0 Å². The minimum Gasteiger partial charge on any atom is -0.496 e. The summed E-state index contributed by atoms with van der Waals surface area (Å²) >= 11 is 3.37. The highest BCUT2D eigenvalue weighted by Gasteiger charge is 2.13. The predicted molar refractivity (Wildman–Crippen MR) is 76.2 cm³/mol. The fraction of sp³-hybridized carbons (Fsp3) is 0.462. The molecule has 0 radical (unpaired) electrons. The molecule has 0 aromatic heterocycles. The number of carbonyl (C=O) groups excluding carboxylic acids is 1. The van der Waals surface area contributed by atoms with Crippen molar-refractivity contribution >= 4 is 21.8 Å². The van der Waals surface area contributed by atoms with Crippen molar-refractivity contribution in [3.05, 3.63) is 28.2 Å². The average Bonchev–Trinajstić information content (AvgIpc) is 2.35. The molecular formula is C13H19BrN2O2. The van der Waals surface area contributed by atoms with Crippen molar-refractivity contribution in [1.29, 1.82) is 0 Å². The van der Waals surface area contributed by atoms with Crippen LogP contribution in [0.25, 0.3) is 0 Å². The molecule has 0 atom stereocenters. The number of benzene rings is 1. The molecule has 100 valence electrons. The minimum atomic E-state index is 0.00245. The maximum atomic E-state index is 12.2. The lowest BCUT2D eigenvalue weighted by Crippen LogP contribution is -2.33. The van der Waals surface area contributed by atoms with E-state index in [1.807, 2.05) is 25.1 Å². The van der Waals surface area contributed by atoms with E-state index in [4.69, 9.17) is 4.74 Å². The number of ether oxygens (including phenoxy) is 1. The van der Waals surface area contributed by atoms with Gasteiger partial charge in [0.05, 0.1) is 11.6 Å². The average molecular weight is 315 g/mol. The van der Waals surface area contributed by atoms with Crippen molar-refractivity contribution in [2.24, 2.45) is 0 Å². The van der Waals surface area contributed by atoms with Crippen LogP contribution in [0.4, 0.5) is 0 Å². The van der Waals surface area contributed by atoms with Gasteiger partial charge in [0.1, 0.15) is 5.75 Å². The Hall–Kier alpha value is -1.07. The lowest BCUT2D eigenvalue weighted by molar-refractivity contribution is 0.0786. The van der Waals surface area contributed by atoms with E-state index in [0.29, 0.717) is 17.9 Å². The number of halogens is 1. The van der Waals surface area contributed by atoms with Crippen molar-refractivity contribution in [2.45, 2.75) is 0 Å². The van der Waals surface area contributed by atoms with Crippen molar-refractivity contribution in [2.75, 3.05) is 41.3 Å². The highest BCUT2D eigenvalue weighted by molar-refractivity contribution is 9.10. The molecule has 0 aliphatic rings. The first-order valence-electron chi connectivity index (χ1n) is 5.69. The summed E-state index contributed by atoms with van der Waals surface area (Å²) in [6.45, 7) is 1.54. The van der Waals surface area contributed by atoms with Gasteiger partial charge in [-0.25, -0.2) is 0 Å². The molecule has 0 fully saturated rings. The van der Waals surface area contributed by atoms with Crippen LogP contribution < -0.4 is 4.74 Å². The van der Waals surface area contributed by atoms with Gasteiger partial charge in [0.25, 0.3) is 5.91 Å². The molecule has 1 aromatic carbocycles. The van der Waals surface area contributed by atoms with Crippen molar-refractivity contribution in [3.63, 3.8) is 0 Å². The molecule has 4 nitrogen and oxygen atoms in total. The molecule has 0 spiro atoms. The van der Waals surface area contributed by atoms with E-state index >= 15 is 0 Å². The van der Waals surface area contributed by atoms with Crippen molar-refractivity contribution in [3.8, 4) is 5.75 Å². The standard InChI is InChI=1S/C13H19BrN2O2/c1-15(2)7-8-16(3)13(17)10-5-6-11(14)12(9-10)18-4/h5-6,9H,7-8H2,1-4H3. The predicted octanol–water partition coefficient (Wildman–Crippen LogP) is 2.09. The Bertz CT molecular complexity index is 421. The molecular weight excluding hydrogens is 296 g/mol. The largest absolute Gasteiger partial charge is 0.496 e. The van der Waals surface area contributed by atoms with Crippen molar-refractivity contribution in [1.82, 2.24) is 9.80 Å². The van der Waals surface area contributed by atoms with Gasteiger partial charge in [-0.05, 0) is 48.2 Å². The molecule has 0 heterocycles. The van der Waals surface area contributed by atoms with Crippen LogP contribution in [0.1, 0.15) is 10.4 Å². The quantitative estimate of drug-likeness (QED) is 0.834. The summed E-state index contributed by atoms with van der Waals surface area (Å²) < 4.78 is 6.03. The first-order chi connectivity index (χ1) is 8.45. The van der Waals surface area contributed by atoms with Gasteiger partial charge < -0.3 is 14.5 Å². The summed E-state index contributed by atoms with van der Waals surface area (Å²) in [5.41, 5.74) is 0.635. The first kappa shape index (κ1) is 15.0. The van der Waals surface area contributed by atoms with Gasteiger partial charge in [0.15, 0.2) is 0 Å². The molecule has 1 aromatic rings. The number of amides is 1. The van der Waals surface area contributed by atoms with Crippen molar-refractivity contribution < 1.29 is 9.53 Å². The number of hydrogen-bond donors (Lipinski definition) is 0. The van der Waals surface area contributed by atoms with Crippen LogP contribution in [0, 0.1) is 0 Å². The SMILES string of the molecule is COc1cc(C(=O)N(C)CCN(C)C)ccc1Br. The zero-order valence-corrected chi connectivity index (χ0v) is 12.8. The number of hydrogen-bond acceptors (Lipinski definition) is 3. The molecule has 1 amide bonds. The highest BCUT2D eigenvalue weighted by atomic mass is 79.9. The molecule has 0 saturated carbocycles. The number of nitrogens with zero attached hydrogens (tertiary/aromatic N) is 2. The van der Waals surface area contributed by atoms with E-state index in [1.54, 1.807) is 31.2 Å². The maximum absolute atomic E-state index is 12.2. The molecule has 18 heavy (non-hydrogen) atoms. The first-order valence-corrected chi connectivity index (χ1v) is 6.48. The summed E-state index contributed by atoms with van der Waals surface area (Å²) in [7, 11) is 7.37. The zero-order valence-electron chi connectivity index (χ0n) is 11.2. The van der Waals surface area contributed by atoms with E-state index in [2.05, 4.69) is 15.9 Å². The molecule has 0 aliphatic carbocycles. The number of methoxy groups -OCH3 is 1. The number of carbonyl (C=O) groups is 1. The molecule has 1 rings (SSSR count). The molecule has 5 heteroatoms. The third kappa shape index (κ3) is 3.99. The maximum Gasteiger partial charge on any atom is 0.253 e.